The van der Waals surface area contributed by atoms with Crippen LogP contribution in [0, 0.1) is 11.8 Å². The number of benzene rings is 1. The van der Waals surface area contributed by atoms with Crippen molar-refractivity contribution in [3.8, 4) is 11.8 Å². The molecule has 0 aliphatic rings. The van der Waals surface area contributed by atoms with Crippen molar-refractivity contribution >= 4 is 11.7 Å². The minimum atomic E-state index is -0.222. The Labute approximate surface area is 142 Å². The van der Waals surface area contributed by atoms with Crippen molar-refractivity contribution in [2.24, 2.45) is 0 Å². The van der Waals surface area contributed by atoms with Gasteiger partial charge in [0.15, 0.2) is 0 Å². The lowest BCUT2D eigenvalue weighted by Crippen LogP contribution is -2.37. The zero-order valence-corrected chi connectivity index (χ0v) is 13.7. The van der Waals surface area contributed by atoms with Gasteiger partial charge in [-0.1, -0.05) is 25.0 Å². The minimum absolute atomic E-state index is 0.0526. The summed E-state index contributed by atoms with van der Waals surface area (Å²) in [5.74, 6) is 6.02. The Morgan fingerprint density at radius 1 is 1.21 bits per heavy atom. The van der Waals surface area contributed by atoms with Crippen LogP contribution in [0.5, 0.6) is 0 Å². The van der Waals surface area contributed by atoms with Crippen LogP contribution in [0.4, 0.5) is 10.5 Å². The highest BCUT2D eigenvalue weighted by molar-refractivity contribution is 5.89. The fourth-order valence-corrected chi connectivity index (χ4v) is 2.16. The summed E-state index contributed by atoms with van der Waals surface area (Å²) in [4.78, 5) is 18.0. The molecular formula is C19H21N3O2. The van der Waals surface area contributed by atoms with Crippen LogP contribution in [-0.4, -0.2) is 40.7 Å². The van der Waals surface area contributed by atoms with Gasteiger partial charge in [-0.2, -0.15) is 0 Å². The molecule has 0 saturated carbocycles. The van der Waals surface area contributed by atoms with E-state index in [-0.39, 0.29) is 12.6 Å². The van der Waals surface area contributed by atoms with Crippen LogP contribution in [0.15, 0.2) is 48.7 Å². The molecule has 0 unspecified atom stereocenters. The lowest BCUT2D eigenvalue weighted by molar-refractivity contribution is 0.188. The van der Waals surface area contributed by atoms with Crippen LogP contribution in [0.25, 0.3) is 0 Å². The number of aliphatic hydroxyl groups is 1. The van der Waals surface area contributed by atoms with Gasteiger partial charge in [-0.25, -0.2) is 9.78 Å². The van der Waals surface area contributed by atoms with Crippen molar-refractivity contribution in [2.45, 2.75) is 13.3 Å². The Kier molecular flexibility index (Phi) is 6.81. The first-order chi connectivity index (χ1) is 11.7. The molecular weight excluding hydrogens is 302 g/mol. The average Bonchev–Trinajstić information content (AvgIpc) is 2.61. The van der Waals surface area contributed by atoms with Gasteiger partial charge in [-0.15, -0.1) is 0 Å². The summed E-state index contributed by atoms with van der Waals surface area (Å²) < 4.78 is 0. The van der Waals surface area contributed by atoms with Crippen molar-refractivity contribution < 1.29 is 9.90 Å². The standard InChI is InChI=1S/C19H21N3O2/c1-2-12-22(13-14-23)19(24)21-18-8-5-6-16(15-18)9-10-17-7-3-4-11-20-17/h3-8,11,15,23H,2,12-14H2,1H3,(H,21,24). The summed E-state index contributed by atoms with van der Waals surface area (Å²) in [6.45, 7) is 2.86. The summed E-state index contributed by atoms with van der Waals surface area (Å²) in [5.41, 5.74) is 2.17. The second-order valence-corrected chi connectivity index (χ2v) is 5.19. The number of aromatic nitrogens is 1. The molecule has 2 rings (SSSR count). The van der Waals surface area contributed by atoms with Crippen molar-refractivity contribution in [2.75, 3.05) is 25.0 Å². The van der Waals surface area contributed by atoms with E-state index in [9.17, 15) is 4.79 Å². The fourth-order valence-electron chi connectivity index (χ4n) is 2.16. The summed E-state index contributed by atoms with van der Waals surface area (Å²) in [7, 11) is 0. The molecule has 1 aromatic carbocycles. The average molecular weight is 323 g/mol. The van der Waals surface area contributed by atoms with Crippen LogP contribution >= 0.6 is 0 Å². The highest BCUT2D eigenvalue weighted by Gasteiger charge is 2.11. The van der Waals surface area contributed by atoms with E-state index < -0.39 is 0 Å². The van der Waals surface area contributed by atoms with Gasteiger partial charge in [-0.05, 0) is 42.7 Å². The second kappa shape index (κ2) is 9.33. The molecule has 0 aliphatic carbocycles. The first kappa shape index (κ1) is 17.5. The molecule has 124 valence electrons. The van der Waals surface area contributed by atoms with E-state index >= 15 is 0 Å². The van der Waals surface area contributed by atoms with Crippen LogP contribution in [-0.2, 0) is 0 Å². The van der Waals surface area contributed by atoms with Gasteiger partial charge in [0.25, 0.3) is 0 Å². The number of nitrogens with one attached hydrogen (secondary N) is 1. The fraction of sp³-hybridized carbons (Fsp3) is 0.263. The van der Waals surface area contributed by atoms with Gasteiger partial charge < -0.3 is 15.3 Å². The maximum Gasteiger partial charge on any atom is 0.321 e. The van der Waals surface area contributed by atoms with Gasteiger partial charge >= 0.3 is 6.03 Å². The molecule has 2 amide bonds. The number of nitrogens with zero attached hydrogens (tertiary/aromatic N) is 2. The van der Waals surface area contributed by atoms with Gasteiger partial charge in [0.2, 0.25) is 0 Å². The van der Waals surface area contributed by atoms with Gasteiger partial charge in [-0.3, -0.25) is 0 Å². The largest absolute Gasteiger partial charge is 0.395 e. The predicted octanol–water partition coefficient (Wildman–Crippen LogP) is 2.72. The molecule has 0 radical (unpaired) electrons. The molecule has 0 atom stereocenters. The van der Waals surface area contributed by atoms with Crippen LogP contribution in [0.1, 0.15) is 24.6 Å². The van der Waals surface area contributed by atoms with E-state index in [1.165, 1.54) is 0 Å². The highest BCUT2D eigenvalue weighted by atomic mass is 16.3. The number of aliphatic hydroxyl groups excluding tert-OH is 1. The Bertz CT molecular complexity index is 714. The first-order valence-electron chi connectivity index (χ1n) is 7.93. The van der Waals surface area contributed by atoms with Crippen molar-refractivity contribution in [1.29, 1.82) is 0 Å². The third-order valence-electron chi connectivity index (χ3n) is 3.26. The maximum atomic E-state index is 12.2. The number of carbonyl (C=O) groups is 1. The summed E-state index contributed by atoms with van der Waals surface area (Å²) in [6.07, 6.45) is 2.53. The SMILES string of the molecule is CCCN(CCO)C(=O)Nc1cccc(C#Cc2ccccn2)c1. The number of rotatable bonds is 5. The monoisotopic (exact) mass is 323 g/mol. The van der Waals surface area contributed by atoms with Crippen LogP contribution < -0.4 is 5.32 Å². The Morgan fingerprint density at radius 3 is 2.79 bits per heavy atom. The molecule has 0 spiro atoms. The predicted molar refractivity (Wildman–Crippen MR) is 94.6 cm³/mol. The highest BCUT2D eigenvalue weighted by Crippen LogP contribution is 2.11. The molecule has 0 fully saturated rings. The van der Waals surface area contributed by atoms with E-state index in [4.69, 9.17) is 5.11 Å². The smallest absolute Gasteiger partial charge is 0.321 e. The molecule has 24 heavy (non-hydrogen) atoms. The van der Waals surface area contributed by atoms with Crippen LogP contribution in [0.2, 0.25) is 0 Å². The number of pyridine rings is 1. The number of urea groups is 1. The molecule has 0 aliphatic heterocycles. The van der Waals surface area contributed by atoms with E-state index in [1.807, 2.05) is 49.4 Å². The molecule has 2 N–H and O–H groups in total. The molecule has 1 heterocycles. The van der Waals surface area contributed by atoms with E-state index in [2.05, 4.69) is 22.1 Å². The summed E-state index contributed by atoms with van der Waals surface area (Å²) in [5, 5.41) is 11.9. The Balaban J connectivity index is 2.07. The van der Waals surface area contributed by atoms with Crippen molar-refractivity contribution in [3.05, 3.63) is 59.9 Å². The van der Waals surface area contributed by atoms with Gasteiger partial charge in [0.05, 0.1) is 6.61 Å². The quantitative estimate of drug-likeness (QED) is 0.832. The topological polar surface area (TPSA) is 65.5 Å². The number of anilines is 1. The second-order valence-electron chi connectivity index (χ2n) is 5.19. The lowest BCUT2D eigenvalue weighted by Gasteiger charge is -2.21. The van der Waals surface area contributed by atoms with E-state index in [0.29, 0.717) is 24.5 Å². The third-order valence-corrected chi connectivity index (χ3v) is 3.26. The lowest BCUT2D eigenvalue weighted by atomic mass is 10.2. The van der Waals surface area contributed by atoms with Crippen molar-refractivity contribution in [1.82, 2.24) is 9.88 Å². The summed E-state index contributed by atoms with van der Waals surface area (Å²) >= 11 is 0. The molecule has 5 nitrogen and oxygen atoms in total. The molecule has 1 aromatic heterocycles. The first-order valence-corrected chi connectivity index (χ1v) is 7.93. The van der Waals surface area contributed by atoms with Crippen molar-refractivity contribution in [3.63, 3.8) is 0 Å². The zero-order valence-electron chi connectivity index (χ0n) is 13.7. The summed E-state index contributed by atoms with van der Waals surface area (Å²) in [6, 6.07) is 12.7. The Hall–Kier alpha value is -2.84. The van der Waals surface area contributed by atoms with E-state index in [1.54, 1.807) is 11.1 Å². The number of amides is 2. The minimum Gasteiger partial charge on any atom is -0.395 e. The number of hydrogen-bond acceptors (Lipinski definition) is 3. The molecule has 2 aromatic rings. The van der Waals surface area contributed by atoms with Gasteiger partial charge in [0.1, 0.15) is 5.69 Å². The molecule has 5 heteroatoms. The maximum absolute atomic E-state index is 12.2. The molecule has 0 saturated heterocycles. The molecule has 0 bridgehead atoms. The van der Waals surface area contributed by atoms with E-state index in [0.717, 1.165) is 12.0 Å². The number of hydrogen-bond donors (Lipinski definition) is 2. The normalized spacial score (nSPS) is 9.75. The Morgan fingerprint density at radius 2 is 2.08 bits per heavy atom. The zero-order chi connectivity index (χ0) is 17.2. The van der Waals surface area contributed by atoms with Crippen LogP contribution in [0.3, 0.4) is 0 Å². The third kappa shape index (κ3) is 5.41. The number of carbonyl (C=O) groups excluding carboxylic acids is 1. The van der Waals surface area contributed by atoms with Gasteiger partial charge in [0, 0.05) is 30.5 Å².